The molecule has 2 N–H and O–H groups in total. The number of aliphatic hydroxyl groups excluding tert-OH is 1. The second kappa shape index (κ2) is 6.12. The Bertz CT molecular complexity index is 432. The minimum absolute atomic E-state index is 0.134. The maximum Gasteiger partial charge on any atom is 0.118 e. The summed E-state index contributed by atoms with van der Waals surface area (Å²) in [6.45, 7) is 0.815. The van der Waals surface area contributed by atoms with Crippen LogP contribution in [0.5, 0.6) is 5.75 Å². The first kappa shape index (κ1) is 15.3. The van der Waals surface area contributed by atoms with Crippen LogP contribution in [0.15, 0.2) is 24.3 Å². The Balaban J connectivity index is 2.29. The molecular weight excluding hydrogens is 254 g/mol. The normalized spacial score (nSPS) is 30.5. The van der Waals surface area contributed by atoms with Gasteiger partial charge in [-0.3, -0.25) is 0 Å². The maximum atomic E-state index is 11.2. The second-order valence-electron chi connectivity index (χ2n) is 6.05. The summed E-state index contributed by atoms with van der Waals surface area (Å²) in [5, 5.41) is 21.1. The van der Waals surface area contributed by atoms with E-state index in [0.717, 1.165) is 30.7 Å². The Morgan fingerprint density at radius 2 is 1.90 bits per heavy atom. The molecule has 0 spiro atoms. The molecule has 112 valence electrons. The number of aliphatic hydroxyl groups is 2. The van der Waals surface area contributed by atoms with Gasteiger partial charge in [-0.25, -0.2) is 0 Å². The van der Waals surface area contributed by atoms with Crippen LogP contribution in [0.4, 0.5) is 0 Å². The van der Waals surface area contributed by atoms with Gasteiger partial charge in [0.1, 0.15) is 5.75 Å². The number of methoxy groups -OCH3 is 1. The van der Waals surface area contributed by atoms with E-state index in [-0.39, 0.29) is 5.92 Å². The molecule has 20 heavy (non-hydrogen) atoms. The van der Waals surface area contributed by atoms with Gasteiger partial charge in [-0.05, 0) is 44.6 Å². The molecule has 0 aliphatic heterocycles. The fraction of sp³-hybridized carbons (Fsp3) is 0.625. The number of nitrogens with zero attached hydrogens (tertiary/aromatic N) is 1. The summed E-state index contributed by atoms with van der Waals surface area (Å²) in [6, 6.07) is 7.53. The average molecular weight is 279 g/mol. The van der Waals surface area contributed by atoms with Crippen molar-refractivity contribution in [3.05, 3.63) is 29.8 Å². The highest BCUT2D eigenvalue weighted by molar-refractivity contribution is 5.32. The molecule has 1 aliphatic carbocycles. The van der Waals surface area contributed by atoms with E-state index in [0.29, 0.717) is 6.42 Å². The van der Waals surface area contributed by atoms with Gasteiger partial charge in [0.15, 0.2) is 0 Å². The fourth-order valence-corrected chi connectivity index (χ4v) is 3.18. The molecule has 1 fully saturated rings. The van der Waals surface area contributed by atoms with Crippen molar-refractivity contribution in [1.82, 2.24) is 4.90 Å². The Morgan fingerprint density at radius 1 is 1.25 bits per heavy atom. The zero-order valence-corrected chi connectivity index (χ0v) is 12.5. The molecule has 3 atom stereocenters. The van der Waals surface area contributed by atoms with Gasteiger partial charge < -0.3 is 19.8 Å². The first-order chi connectivity index (χ1) is 9.45. The molecule has 4 nitrogen and oxygen atoms in total. The number of benzene rings is 1. The van der Waals surface area contributed by atoms with Crippen molar-refractivity contribution in [3.8, 4) is 5.75 Å². The molecule has 0 heterocycles. The molecule has 1 aromatic rings. The molecule has 2 rings (SSSR count). The first-order valence-corrected chi connectivity index (χ1v) is 7.15. The lowest BCUT2D eigenvalue weighted by Crippen LogP contribution is -2.46. The molecule has 0 bridgehead atoms. The van der Waals surface area contributed by atoms with Crippen LogP contribution in [0.3, 0.4) is 0 Å². The van der Waals surface area contributed by atoms with Crippen molar-refractivity contribution in [1.29, 1.82) is 0 Å². The van der Waals surface area contributed by atoms with Gasteiger partial charge in [0, 0.05) is 18.9 Å². The quantitative estimate of drug-likeness (QED) is 0.879. The molecule has 1 saturated carbocycles. The smallest absolute Gasteiger partial charge is 0.118 e. The molecule has 0 saturated heterocycles. The topological polar surface area (TPSA) is 52.9 Å². The van der Waals surface area contributed by atoms with E-state index >= 15 is 0 Å². The lowest BCUT2D eigenvalue weighted by molar-refractivity contribution is -0.0992. The van der Waals surface area contributed by atoms with E-state index in [9.17, 15) is 10.2 Å². The zero-order valence-electron chi connectivity index (χ0n) is 12.5. The summed E-state index contributed by atoms with van der Waals surface area (Å²) in [4.78, 5) is 2.09. The van der Waals surface area contributed by atoms with Crippen LogP contribution < -0.4 is 4.74 Å². The van der Waals surface area contributed by atoms with Gasteiger partial charge in [-0.15, -0.1) is 0 Å². The van der Waals surface area contributed by atoms with Crippen LogP contribution in [0.2, 0.25) is 0 Å². The van der Waals surface area contributed by atoms with Crippen LogP contribution in [0.1, 0.15) is 24.8 Å². The van der Waals surface area contributed by atoms with Crippen molar-refractivity contribution in [3.63, 3.8) is 0 Å². The highest BCUT2D eigenvalue weighted by Gasteiger charge is 2.43. The predicted molar refractivity (Wildman–Crippen MR) is 78.8 cm³/mol. The number of rotatable bonds is 4. The van der Waals surface area contributed by atoms with E-state index in [2.05, 4.69) is 4.90 Å². The Hall–Kier alpha value is -1.10. The minimum Gasteiger partial charge on any atom is -0.497 e. The summed E-state index contributed by atoms with van der Waals surface area (Å²) in [5.41, 5.74) is -0.0994. The van der Waals surface area contributed by atoms with Gasteiger partial charge in [-0.2, -0.15) is 0 Å². The third-order valence-corrected chi connectivity index (χ3v) is 4.25. The summed E-state index contributed by atoms with van der Waals surface area (Å²) >= 11 is 0. The molecule has 1 aromatic carbocycles. The summed E-state index contributed by atoms with van der Waals surface area (Å²) in [6.07, 6.45) is 1.57. The van der Waals surface area contributed by atoms with Gasteiger partial charge in [0.25, 0.3) is 0 Å². The highest BCUT2D eigenvalue weighted by Crippen LogP contribution is 2.42. The van der Waals surface area contributed by atoms with Crippen molar-refractivity contribution in [2.24, 2.45) is 5.92 Å². The van der Waals surface area contributed by atoms with E-state index in [4.69, 9.17) is 4.74 Å². The molecule has 0 aromatic heterocycles. The fourth-order valence-electron chi connectivity index (χ4n) is 3.18. The molecule has 0 radical (unpaired) electrons. The maximum absolute atomic E-state index is 11.2. The largest absolute Gasteiger partial charge is 0.497 e. The molecule has 1 aliphatic rings. The third-order valence-electron chi connectivity index (χ3n) is 4.25. The lowest BCUT2D eigenvalue weighted by atomic mass is 9.70. The van der Waals surface area contributed by atoms with E-state index in [1.54, 1.807) is 7.11 Å². The summed E-state index contributed by atoms with van der Waals surface area (Å²) in [5.74, 6) is 0.909. The third kappa shape index (κ3) is 3.14. The van der Waals surface area contributed by atoms with Crippen LogP contribution in [0.25, 0.3) is 0 Å². The number of hydrogen-bond acceptors (Lipinski definition) is 4. The zero-order chi connectivity index (χ0) is 14.8. The standard InChI is InChI=1S/C16H25NO3/c1-17(2)11-13-4-7-14(18)10-16(13,19)12-5-8-15(20-3)9-6-12/h5-6,8-9,13-14,18-19H,4,7,10-11H2,1-3H3. The van der Waals surface area contributed by atoms with E-state index in [1.807, 2.05) is 38.4 Å². The SMILES string of the molecule is COc1ccc(C2(O)CC(O)CCC2CN(C)C)cc1. The Kier molecular flexibility index (Phi) is 4.68. The molecule has 3 unspecified atom stereocenters. The van der Waals surface area contributed by atoms with Gasteiger partial charge >= 0.3 is 0 Å². The first-order valence-electron chi connectivity index (χ1n) is 7.15. The Labute approximate surface area is 121 Å². The second-order valence-corrected chi connectivity index (χ2v) is 6.05. The van der Waals surface area contributed by atoms with Gasteiger partial charge in [0.05, 0.1) is 18.8 Å². The Morgan fingerprint density at radius 3 is 2.45 bits per heavy atom. The number of hydrogen-bond donors (Lipinski definition) is 2. The van der Waals surface area contributed by atoms with Crippen molar-refractivity contribution in [2.45, 2.75) is 31.0 Å². The summed E-state index contributed by atoms with van der Waals surface area (Å²) in [7, 11) is 5.65. The molecule has 0 amide bonds. The predicted octanol–water partition coefficient (Wildman–Crippen LogP) is 1.61. The van der Waals surface area contributed by atoms with Crippen molar-refractivity contribution in [2.75, 3.05) is 27.7 Å². The van der Waals surface area contributed by atoms with Gasteiger partial charge in [0.2, 0.25) is 0 Å². The highest BCUT2D eigenvalue weighted by atomic mass is 16.5. The monoisotopic (exact) mass is 279 g/mol. The van der Waals surface area contributed by atoms with E-state index in [1.165, 1.54) is 0 Å². The van der Waals surface area contributed by atoms with Crippen molar-refractivity contribution >= 4 is 0 Å². The molecule has 4 heteroatoms. The summed E-state index contributed by atoms with van der Waals surface area (Å²) < 4.78 is 5.16. The minimum atomic E-state index is -0.964. The average Bonchev–Trinajstić information content (AvgIpc) is 2.42. The van der Waals surface area contributed by atoms with E-state index < -0.39 is 11.7 Å². The van der Waals surface area contributed by atoms with Gasteiger partial charge in [-0.1, -0.05) is 12.1 Å². The van der Waals surface area contributed by atoms with Crippen molar-refractivity contribution < 1.29 is 14.9 Å². The molecular formula is C16H25NO3. The van der Waals surface area contributed by atoms with Crippen LogP contribution >= 0.6 is 0 Å². The van der Waals surface area contributed by atoms with Crippen LogP contribution in [0, 0.1) is 5.92 Å². The van der Waals surface area contributed by atoms with Crippen LogP contribution in [-0.4, -0.2) is 49.0 Å². The lowest BCUT2D eigenvalue weighted by Gasteiger charge is -2.43. The number of ether oxygens (including phenoxy) is 1. The van der Waals surface area contributed by atoms with Crippen LogP contribution in [-0.2, 0) is 5.60 Å².